The Bertz CT molecular complexity index is 779. The third-order valence-electron chi connectivity index (χ3n) is 3.81. The Morgan fingerprint density at radius 2 is 2.07 bits per heavy atom. The van der Waals surface area contributed by atoms with Gasteiger partial charge in [0.15, 0.2) is 4.34 Å². The summed E-state index contributed by atoms with van der Waals surface area (Å²) in [5.41, 5.74) is 0.705. The van der Waals surface area contributed by atoms with Crippen LogP contribution in [0.3, 0.4) is 0 Å². The molecule has 0 aliphatic carbocycles. The maximum Gasteiger partial charge on any atom is 0.230 e. The fraction of sp³-hybridized carbons (Fsp3) is 0.412. The third kappa shape index (κ3) is 6.56. The fourth-order valence-electron chi connectivity index (χ4n) is 2.48. The van der Waals surface area contributed by atoms with Crippen molar-refractivity contribution >= 4 is 40.0 Å². The topological polar surface area (TPSA) is 93.2 Å². The molecule has 1 aromatic heterocycles. The second kappa shape index (κ2) is 9.77. The molecule has 1 atom stereocenters. The van der Waals surface area contributed by atoms with Crippen LogP contribution in [0.25, 0.3) is 0 Å². The molecule has 10 heteroatoms. The average molecular weight is 410 g/mol. The maximum atomic E-state index is 12.9. The minimum atomic E-state index is -0.343. The summed E-state index contributed by atoms with van der Waals surface area (Å²) in [5, 5.41) is 13.7. The van der Waals surface area contributed by atoms with Crippen molar-refractivity contribution in [3.63, 3.8) is 0 Å². The number of aromatic nitrogens is 2. The molecular weight excluding hydrogens is 391 g/mol. The molecule has 2 amide bonds. The lowest BCUT2D eigenvalue weighted by atomic mass is 10.1. The summed E-state index contributed by atoms with van der Waals surface area (Å²) in [5.74, 6) is -0.466. The molecule has 0 spiro atoms. The van der Waals surface area contributed by atoms with Gasteiger partial charge in [-0.3, -0.25) is 9.59 Å². The highest BCUT2D eigenvalue weighted by Crippen LogP contribution is 2.25. The van der Waals surface area contributed by atoms with Crippen molar-refractivity contribution in [2.45, 2.75) is 29.7 Å². The van der Waals surface area contributed by atoms with E-state index in [1.165, 1.54) is 35.2 Å². The van der Waals surface area contributed by atoms with Crippen LogP contribution in [0.2, 0.25) is 0 Å². The first-order valence-electron chi connectivity index (χ1n) is 8.47. The van der Waals surface area contributed by atoms with Crippen LogP contribution in [0, 0.1) is 5.82 Å². The van der Waals surface area contributed by atoms with E-state index in [0.717, 1.165) is 19.4 Å². The van der Waals surface area contributed by atoms with Gasteiger partial charge in [0.25, 0.3) is 0 Å². The van der Waals surface area contributed by atoms with Crippen LogP contribution < -0.4 is 10.6 Å². The van der Waals surface area contributed by atoms with Gasteiger partial charge < -0.3 is 15.4 Å². The predicted molar refractivity (Wildman–Crippen MR) is 101 cm³/mol. The van der Waals surface area contributed by atoms with E-state index in [1.807, 2.05) is 0 Å². The second-order valence-electron chi connectivity index (χ2n) is 5.95. The average Bonchev–Trinajstić information content (AvgIpc) is 3.32. The highest BCUT2D eigenvalue weighted by molar-refractivity contribution is 8.01. The van der Waals surface area contributed by atoms with Crippen molar-refractivity contribution in [1.29, 1.82) is 0 Å². The zero-order chi connectivity index (χ0) is 19.1. The third-order valence-corrected chi connectivity index (χ3v) is 5.78. The summed E-state index contributed by atoms with van der Waals surface area (Å²) in [6.45, 7) is 1.29. The van der Waals surface area contributed by atoms with Crippen LogP contribution in [0.15, 0.2) is 28.6 Å². The first-order valence-corrected chi connectivity index (χ1v) is 10.3. The van der Waals surface area contributed by atoms with E-state index in [2.05, 4.69) is 20.8 Å². The van der Waals surface area contributed by atoms with Gasteiger partial charge in [0, 0.05) is 13.2 Å². The number of benzene rings is 1. The van der Waals surface area contributed by atoms with Crippen molar-refractivity contribution in [2.24, 2.45) is 0 Å². The number of carbonyl (C=O) groups excluding carboxylic acids is 2. The highest BCUT2D eigenvalue weighted by Gasteiger charge is 2.16. The zero-order valence-electron chi connectivity index (χ0n) is 14.4. The highest BCUT2D eigenvalue weighted by atomic mass is 32.2. The Morgan fingerprint density at radius 3 is 2.81 bits per heavy atom. The summed E-state index contributed by atoms with van der Waals surface area (Å²) in [7, 11) is 0. The van der Waals surface area contributed by atoms with E-state index in [-0.39, 0.29) is 35.9 Å². The van der Waals surface area contributed by atoms with Gasteiger partial charge in [-0.2, -0.15) is 0 Å². The van der Waals surface area contributed by atoms with Crippen LogP contribution in [-0.2, 0) is 20.7 Å². The monoisotopic (exact) mass is 410 g/mol. The van der Waals surface area contributed by atoms with Crippen LogP contribution in [0.1, 0.15) is 18.4 Å². The number of amides is 2. The molecule has 1 aromatic carbocycles. The Kier molecular flexibility index (Phi) is 7.13. The number of carbonyl (C=O) groups is 2. The number of thioether (sulfide) groups is 1. The Labute approximate surface area is 164 Å². The molecule has 7 nitrogen and oxygen atoms in total. The summed E-state index contributed by atoms with van der Waals surface area (Å²) in [6.07, 6.45) is 2.25. The molecule has 1 aliphatic heterocycles. The van der Waals surface area contributed by atoms with E-state index in [9.17, 15) is 14.0 Å². The Balaban J connectivity index is 1.39. The number of halogens is 1. The van der Waals surface area contributed by atoms with Crippen LogP contribution in [-0.4, -0.2) is 47.0 Å². The van der Waals surface area contributed by atoms with Crippen molar-refractivity contribution in [3.05, 3.63) is 35.6 Å². The molecule has 0 radical (unpaired) electrons. The molecule has 2 heterocycles. The van der Waals surface area contributed by atoms with Crippen molar-refractivity contribution in [2.75, 3.05) is 24.2 Å². The smallest absolute Gasteiger partial charge is 0.230 e. The van der Waals surface area contributed by atoms with Gasteiger partial charge in [-0.1, -0.05) is 35.2 Å². The first kappa shape index (κ1) is 19.7. The predicted octanol–water partition coefficient (Wildman–Crippen LogP) is 2.25. The normalized spacial score (nSPS) is 16.3. The van der Waals surface area contributed by atoms with Gasteiger partial charge in [0.05, 0.1) is 18.3 Å². The number of nitrogens with zero attached hydrogens (tertiary/aromatic N) is 2. The molecule has 144 valence electrons. The van der Waals surface area contributed by atoms with Gasteiger partial charge >= 0.3 is 0 Å². The number of hydrogen-bond acceptors (Lipinski definition) is 7. The summed E-state index contributed by atoms with van der Waals surface area (Å²) < 4.78 is 18.9. The van der Waals surface area contributed by atoms with Crippen molar-refractivity contribution < 1.29 is 18.7 Å². The van der Waals surface area contributed by atoms with Crippen LogP contribution >= 0.6 is 23.1 Å². The van der Waals surface area contributed by atoms with Crippen molar-refractivity contribution in [1.82, 2.24) is 15.5 Å². The second-order valence-corrected chi connectivity index (χ2v) is 8.15. The molecular formula is C17H19FN4O3S2. The Hall–Kier alpha value is -2.04. The number of nitrogens with one attached hydrogen (secondary N) is 2. The minimum Gasteiger partial charge on any atom is -0.376 e. The van der Waals surface area contributed by atoms with Gasteiger partial charge in [-0.15, -0.1) is 10.2 Å². The quantitative estimate of drug-likeness (QED) is 0.512. The lowest BCUT2D eigenvalue weighted by molar-refractivity contribution is -0.119. The molecule has 1 aliphatic rings. The van der Waals surface area contributed by atoms with Gasteiger partial charge in [0.1, 0.15) is 5.82 Å². The first-order chi connectivity index (χ1) is 13.1. The molecule has 27 heavy (non-hydrogen) atoms. The maximum absolute atomic E-state index is 12.9. The lowest BCUT2D eigenvalue weighted by Gasteiger charge is -2.09. The van der Waals surface area contributed by atoms with E-state index in [0.29, 0.717) is 21.6 Å². The number of ether oxygens (including phenoxy) is 1. The number of hydrogen-bond donors (Lipinski definition) is 2. The SMILES string of the molecule is O=C(CSc1nnc(NC(=O)Cc2ccc(F)cc2)s1)NC[C@H]1CCCO1. The summed E-state index contributed by atoms with van der Waals surface area (Å²) in [6, 6.07) is 5.75. The van der Waals surface area contributed by atoms with E-state index in [1.54, 1.807) is 12.1 Å². The van der Waals surface area contributed by atoms with Gasteiger partial charge in [0.2, 0.25) is 16.9 Å². The van der Waals surface area contributed by atoms with Crippen LogP contribution in [0.4, 0.5) is 9.52 Å². The molecule has 3 rings (SSSR count). The van der Waals surface area contributed by atoms with E-state index in [4.69, 9.17) is 4.74 Å². The van der Waals surface area contributed by atoms with E-state index < -0.39 is 0 Å². The van der Waals surface area contributed by atoms with Crippen molar-refractivity contribution in [3.8, 4) is 0 Å². The molecule has 1 fully saturated rings. The molecule has 0 saturated carbocycles. The van der Waals surface area contributed by atoms with Crippen LogP contribution in [0.5, 0.6) is 0 Å². The fourth-order valence-corrected chi connectivity index (χ4v) is 4.08. The zero-order valence-corrected chi connectivity index (χ0v) is 16.1. The summed E-state index contributed by atoms with van der Waals surface area (Å²) in [4.78, 5) is 23.9. The Morgan fingerprint density at radius 1 is 1.26 bits per heavy atom. The minimum absolute atomic E-state index is 0.0902. The van der Waals surface area contributed by atoms with Gasteiger partial charge in [-0.05, 0) is 30.5 Å². The summed E-state index contributed by atoms with van der Waals surface area (Å²) >= 11 is 2.47. The molecule has 2 aromatic rings. The number of rotatable bonds is 8. The molecule has 2 N–H and O–H groups in total. The lowest BCUT2D eigenvalue weighted by Crippen LogP contribution is -2.32. The standard InChI is InChI=1S/C17H19FN4O3S2/c18-12-5-3-11(4-6-12)8-14(23)20-16-21-22-17(27-16)26-10-15(24)19-9-13-2-1-7-25-13/h3-6,13H,1-2,7-10H2,(H,19,24)(H,20,21,23)/t13-/m1/s1. The number of anilines is 1. The van der Waals surface area contributed by atoms with E-state index >= 15 is 0 Å². The molecule has 0 bridgehead atoms. The molecule has 1 saturated heterocycles. The largest absolute Gasteiger partial charge is 0.376 e. The molecule has 0 unspecified atom stereocenters. The van der Waals surface area contributed by atoms with Gasteiger partial charge in [-0.25, -0.2) is 4.39 Å².